The Morgan fingerprint density at radius 1 is 1.23 bits per heavy atom. The van der Waals surface area contributed by atoms with Crippen molar-refractivity contribution >= 4 is 55.7 Å². The number of anilines is 1. The molecular formula is C20H17Cl2N3O4S. The second-order valence-corrected chi connectivity index (χ2v) is 9.72. The molecule has 7 nitrogen and oxygen atoms in total. The Bertz CT molecular complexity index is 1290. The number of hydrogen-bond acceptors (Lipinski definition) is 5. The van der Waals surface area contributed by atoms with E-state index in [1.807, 2.05) is 0 Å². The molecule has 0 spiro atoms. The van der Waals surface area contributed by atoms with E-state index in [9.17, 15) is 18.3 Å². The van der Waals surface area contributed by atoms with E-state index >= 15 is 0 Å². The molecule has 0 aliphatic carbocycles. The van der Waals surface area contributed by atoms with Crippen LogP contribution in [0.3, 0.4) is 0 Å². The number of aromatic hydroxyl groups is 1. The van der Waals surface area contributed by atoms with E-state index in [1.54, 1.807) is 30.3 Å². The van der Waals surface area contributed by atoms with E-state index in [4.69, 9.17) is 23.2 Å². The predicted molar refractivity (Wildman–Crippen MR) is 117 cm³/mol. The van der Waals surface area contributed by atoms with E-state index in [0.29, 0.717) is 21.0 Å². The number of halogens is 2. The summed E-state index contributed by atoms with van der Waals surface area (Å²) in [6.07, 6.45) is 1.47. The average Bonchev–Trinajstić information content (AvgIpc) is 3.04. The van der Waals surface area contributed by atoms with Crippen molar-refractivity contribution in [3.05, 3.63) is 63.3 Å². The zero-order valence-electron chi connectivity index (χ0n) is 15.8. The quantitative estimate of drug-likeness (QED) is 0.550. The van der Waals surface area contributed by atoms with Crippen LogP contribution in [0.25, 0.3) is 10.9 Å². The molecule has 2 aromatic carbocycles. The van der Waals surface area contributed by atoms with Gasteiger partial charge in [-0.1, -0.05) is 29.3 Å². The van der Waals surface area contributed by atoms with Crippen molar-refractivity contribution in [2.75, 3.05) is 10.5 Å². The monoisotopic (exact) mass is 465 g/mol. The van der Waals surface area contributed by atoms with Crippen LogP contribution < -0.4 is 4.72 Å². The number of phenols is 1. The predicted octanol–water partition coefficient (Wildman–Crippen LogP) is 4.16. The van der Waals surface area contributed by atoms with Crippen molar-refractivity contribution < 1.29 is 18.3 Å². The van der Waals surface area contributed by atoms with Gasteiger partial charge in [0.15, 0.2) is 5.75 Å². The summed E-state index contributed by atoms with van der Waals surface area (Å²) in [6, 6.07) is 8.36. The third-order valence-corrected chi connectivity index (χ3v) is 7.00. The second kappa shape index (κ2) is 7.61. The van der Waals surface area contributed by atoms with E-state index in [2.05, 4.69) is 9.71 Å². The largest absolute Gasteiger partial charge is 0.505 e. The maximum Gasteiger partial charge on any atom is 0.258 e. The van der Waals surface area contributed by atoms with Gasteiger partial charge < -0.3 is 10.0 Å². The molecule has 1 aromatic heterocycles. The van der Waals surface area contributed by atoms with Gasteiger partial charge >= 0.3 is 0 Å². The molecule has 0 unspecified atom stereocenters. The number of aromatic nitrogens is 1. The summed E-state index contributed by atoms with van der Waals surface area (Å²) in [7, 11) is -3.62. The minimum absolute atomic E-state index is 0.0510. The van der Waals surface area contributed by atoms with Crippen LogP contribution in [0, 0.1) is 0 Å². The Morgan fingerprint density at radius 3 is 2.70 bits per heavy atom. The molecule has 1 amide bonds. The third-order valence-electron chi connectivity index (χ3n) is 4.99. The molecule has 3 aromatic rings. The fourth-order valence-electron chi connectivity index (χ4n) is 3.48. The summed E-state index contributed by atoms with van der Waals surface area (Å²) >= 11 is 12.0. The summed E-state index contributed by atoms with van der Waals surface area (Å²) in [5, 5.41) is 12.0. The van der Waals surface area contributed by atoms with Gasteiger partial charge in [0.1, 0.15) is 5.52 Å². The molecule has 0 bridgehead atoms. The summed E-state index contributed by atoms with van der Waals surface area (Å²) in [4.78, 5) is 18.8. The summed E-state index contributed by atoms with van der Waals surface area (Å²) in [5.74, 6) is -0.814. The molecule has 1 aliphatic heterocycles. The minimum Gasteiger partial charge on any atom is -0.505 e. The maximum absolute atomic E-state index is 13.1. The number of amides is 1. The van der Waals surface area contributed by atoms with Gasteiger partial charge in [0.2, 0.25) is 10.0 Å². The van der Waals surface area contributed by atoms with Crippen LogP contribution in [0.4, 0.5) is 5.69 Å². The van der Waals surface area contributed by atoms with Crippen molar-refractivity contribution in [2.24, 2.45) is 0 Å². The van der Waals surface area contributed by atoms with E-state index in [-0.39, 0.29) is 41.4 Å². The Morgan fingerprint density at radius 2 is 2.00 bits per heavy atom. The summed E-state index contributed by atoms with van der Waals surface area (Å²) in [6.45, 7) is 1.85. The lowest BCUT2D eigenvalue weighted by Gasteiger charge is -2.16. The smallest absolute Gasteiger partial charge is 0.258 e. The number of nitrogens with one attached hydrogen (secondary N) is 1. The molecule has 4 rings (SSSR count). The van der Waals surface area contributed by atoms with Crippen molar-refractivity contribution in [1.82, 2.24) is 9.88 Å². The highest BCUT2D eigenvalue weighted by molar-refractivity contribution is 7.92. The molecule has 2 N–H and O–H groups in total. The van der Waals surface area contributed by atoms with Crippen LogP contribution in [0.15, 0.2) is 36.5 Å². The van der Waals surface area contributed by atoms with Crippen LogP contribution >= 0.6 is 23.2 Å². The summed E-state index contributed by atoms with van der Waals surface area (Å²) in [5.41, 5.74) is 1.64. The normalized spacial score (nSPS) is 13.7. The van der Waals surface area contributed by atoms with E-state index < -0.39 is 15.9 Å². The number of nitrogens with zero attached hydrogens (tertiary/aromatic N) is 2. The van der Waals surface area contributed by atoms with Crippen LogP contribution in [-0.4, -0.2) is 35.1 Å². The first-order chi connectivity index (χ1) is 14.2. The lowest BCUT2D eigenvalue weighted by molar-refractivity contribution is 0.0765. The van der Waals surface area contributed by atoms with Crippen molar-refractivity contribution in [1.29, 1.82) is 0 Å². The van der Waals surface area contributed by atoms with Crippen molar-refractivity contribution in [2.45, 2.75) is 20.0 Å². The Labute approximate surface area is 183 Å². The lowest BCUT2D eigenvalue weighted by atomic mass is 10.0. The first-order valence-electron chi connectivity index (χ1n) is 9.08. The fraction of sp³-hybridized carbons (Fsp3) is 0.200. The van der Waals surface area contributed by atoms with Crippen LogP contribution in [0.2, 0.25) is 10.0 Å². The molecule has 0 saturated carbocycles. The molecule has 0 radical (unpaired) electrons. The number of phenolic OH excluding ortho intramolecular Hbond substituents is 1. The number of carbonyl (C=O) groups is 1. The van der Waals surface area contributed by atoms with E-state index in [1.165, 1.54) is 18.0 Å². The van der Waals surface area contributed by atoms with Crippen molar-refractivity contribution in [3.8, 4) is 5.75 Å². The molecule has 156 valence electrons. The van der Waals surface area contributed by atoms with Crippen LogP contribution in [-0.2, 0) is 23.1 Å². The minimum atomic E-state index is -3.62. The molecule has 2 heterocycles. The standard InChI is InChI=1S/C20H17Cl2N3O4S/c1-2-30(28,29)24-17-12-4-3-7-23-18(12)19(26)16-13(17)10-25(20(16)27)9-11-5-6-14(21)15(22)8-11/h3-8,24,26H,2,9-10H2,1H3. The maximum atomic E-state index is 13.1. The molecule has 0 fully saturated rings. The number of rotatable bonds is 5. The number of pyridine rings is 1. The summed E-state index contributed by atoms with van der Waals surface area (Å²) < 4.78 is 27.2. The number of benzene rings is 2. The van der Waals surface area contributed by atoms with Gasteiger partial charge in [-0.25, -0.2) is 8.42 Å². The second-order valence-electron chi connectivity index (χ2n) is 6.89. The molecular weight excluding hydrogens is 449 g/mol. The molecule has 1 aliphatic rings. The van der Waals surface area contributed by atoms with Gasteiger partial charge in [-0.15, -0.1) is 0 Å². The highest BCUT2D eigenvalue weighted by atomic mass is 35.5. The topological polar surface area (TPSA) is 99.6 Å². The highest BCUT2D eigenvalue weighted by Crippen LogP contribution is 2.43. The number of hydrogen-bond donors (Lipinski definition) is 2. The molecule has 30 heavy (non-hydrogen) atoms. The Hall–Kier alpha value is -2.55. The zero-order valence-corrected chi connectivity index (χ0v) is 18.1. The van der Waals surface area contributed by atoms with Crippen LogP contribution in [0.5, 0.6) is 5.75 Å². The number of fused-ring (bicyclic) bond motifs is 2. The Kier molecular flexibility index (Phi) is 5.25. The fourth-order valence-corrected chi connectivity index (χ4v) is 4.49. The van der Waals surface area contributed by atoms with Gasteiger partial charge in [-0.05, 0) is 36.8 Å². The lowest BCUT2D eigenvalue weighted by Crippen LogP contribution is -2.23. The third kappa shape index (κ3) is 3.55. The van der Waals surface area contributed by atoms with Crippen LogP contribution in [0.1, 0.15) is 28.4 Å². The number of carbonyl (C=O) groups excluding carboxylic acids is 1. The highest BCUT2D eigenvalue weighted by Gasteiger charge is 2.35. The van der Waals surface area contributed by atoms with Crippen molar-refractivity contribution in [3.63, 3.8) is 0 Å². The number of sulfonamides is 1. The van der Waals surface area contributed by atoms with Gasteiger partial charge in [-0.2, -0.15) is 0 Å². The molecule has 0 saturated heterocycles. The van der Waals surface area contributed by atoms with E-state index in [0.717, 1.165) is 5.56 Å². The SMILES string of the molecule is CCS(=O)(=O)Nc1c2c(c(O)c3ncccc13)C(=O)N(Cc1ccc(Cl)c(Cl)c1)C2. The zero-order chi connectivity index (χ0) is 21.6. The molecule has 0 atom stereocenters. The van der Waals surface area contributed by atoms with Gasteiger partial charge in [0, 0.05) is 30.2 Å². The van der Waals surface area contributed by atoms with Gasteiger partial charge in [-0.3, -0.25) is 14.5 Å². The first kappa shape index (κ1) is 20.7. The first-order valence-corrected chi connectivity index (χ1v) is 11.5. The molecule has 10 heteroatoms. The average molecular weight is 466 g/mol. The van der Waals surface area contributed by atoms with Gasteiger partial charge in [0.05, 0.1) is 27.0 Å². The van der Waals surface area contributed by atoms with Gasteiger partial charge in [0.25, 0.3) is 5.91 Å². The Balaban J connectivity index is 1.83.